The zero-order valence-electron chi connectivity index (χ0n) is 14.8. The van der Waals surface area contributed by atoms with Crippen molar-refractivity contribution < 1.29 is 29.3 Å². The third kappa shape index (κ3) is 6.70. The summed E-state index contributed by atoms with van der Waals surface area (Å²) in [6.07, 6.45) is 1.14. The Bertz CT molecular complexity index is 791. The van der Waals surface area contributed by atoms with Gasteiger partial charge in [0.05, 0.1) is 6.54 Å². The van der Waals surface area contributed by atoms with E-state index in [4.69, 9.17) is 26.4 Å². The van der Waals surface area contributed by atoms with Crippen molar-refractivity contribution >= 4 is 28.8 Å². The van der Waals surface area contributed by atoms with Crippen LogP contribution in [-0.4, -0.2) is 57.8 Å². The minimum absolute atomic E-state index is 0.278. The van der Waals surface area contributed by atoms with Gasteiger partial charge in [0, 0.05) is 23.5 Å². The molecule has 10 nitrogen and oxygen atoms in total. The van der Waals surface area contributed by atoms with Gasteiger partial charge < -0.3 is 37.1 Å². The predicted octanol–water partition coefficient (Wildman–Crippen LogP) is -0.589. The fourth-order valence-electron chi connectivity index (χ4n) is 2.17. The summed E-state index contributed by atoms with van der Waals surface area (Å²) in [7, 11) is 0. The Hall–Kier alpha value is -2.95. The number of carboxylic acid groups (broad SMARTS) is 2. The number of aliphatic carboxylic acids is 2. The van der Waals surface area contributed by atoms with Gasteiger partial charge >= 0.3 is 17.9 Å². The van der Waals surface area contributed by atoms with Crippen LogP contribution < -0.4 is 17.2 Å². The highest BCUT2D eigenvalue weighted by molar-refractivity contribution is 5.84. The molecular weight excluding hydrogens is 356 g/mol. The zero-order chi connectivity index (χ0) is 20.6. The van der Waals surface area contributed by atoms with Crippen molar-refractivity contribution in [2.75, 3.05) is 6.54 Å². The van der Waals surface area contributed by atoms with E-state index in [1.807, 2.05) is 24.3 Å². The molecule has 1 heterocycles. The molecule has 0 aliphatic rings. The maximum atomic E-state index is 11.9. The van der Waals surface area contributed by atoms with Gasteiger partial charge in [-0.15, -0.1) is 0 Å². The van der Waals surface area contributed by atoms with Crippen molar-refractivity contribution in [1.82, 2.24) is 4.98 Å². The van der Waals surface area contributed by atoms with Crippen LogP contribution in [0.3, 0.4) is 0 Å². The smallest absolute Gasteiger partial charge is 0.324 e. The molecule has 0 saturated carbocycles. The summed E-state index contributed by atoms with van der Waals surface area (Å²) in [5.41, 5.74) is 17.7. The Balaban J connectivity index is 0.000000646. The van der Waals surface area contributed by atoms with Crippen LogP contribution in [0.4, 0.5) is 0 Å². The van der Waals surface area contributed by atoms with E-state index in [-0.39, 0.29) is 13.0 Å². The number of ether oxygens (including phenoxy) is 1. The molecule has 2 aromatic rings. The first-order chi connectivity index (χ1) is 12.7. The summed E-state index contributed by atoms with van der Waals surface area (Å²) in [6.45, 7) is 1.15. The second-order valence-electron chi connectivity index (χ2n) is 5.77. The van der Waals surface area contributed by atoms with Crippen LogP contribution in [0.2, 0.25) is 0 Å². The summed E-state index contributed by atoms with van der Waals surface area (Å²) in [5, 5.41) is 17.4. The largest absolute Gasteiger partial charge is 0.480 e. The summed E-state index contributed by atoms with van der Waals surface area (Å²) >= 11 is 0. The average Bonchev–Trinajstić information content (AvgIpc) is 3.04. The number of aromatic amines is 1. The molecule has 0 saturated heterocycles. The number of nitrogens with one attached hydrogen (secondary N) is 1. The lowest BCUT2D eigenvalue weighted by molar-refractivity contribution is -0.154. The molecule has 2 rings (SSSR count). The molecule has 0 amide bonds. The lowest BCUT2D eigenvalue weighted by Crippen LogP contribution is -2.45. The number of para-hydroxylation sites is 1. The minimum Gasteiger partial charge on any atom is -0.480 e. The normalized spacial score (nSPS) is 13.8. The van der Waals surface area contributed by atoms with Gasteiger partial charge in [-0.25, -0.2) is 0 Å². The molecule has 0 fully saturated rings. The van der Waals surface area contributed by atoms with Crippen molar-refractivity contribution in [3.63, 3.8) is 0 Å². The summed E-state index contributed by atoms with van der Waals surface area (Å²) in [4.78, 5) is 35.0. The quantitative estimate of drug-likeness (QED) is 0.340. The van der Waals surface area contributed by atoms with Crippen LogP contribution >= 0.6 is 0 Å². The minimum atomic E-state index is -1.27. The van der Waals surface area contributed by atoms with E-state index in [0.717, 1.165) is 16.5 Å². The zero-order valence-corrected chi connectivity index (χ0v) is 14.8. The highest BCUT2D eigenvalue weighted by Crippen LogP contribution is 2.19. The number of fused-ring (bicyclic) bond motifs is 1. The third-order valence-corrected chi connectivity index (χ3v) is 3.69. The van der Waals surface area contributed by atoms with Gasteiger partial charge in [-0.2, -0.15) is 0 Å². The van der Waals surface area contributed by atoms with E-state index >= 15 is 0 Å². The van der Waals surface area contributed by atoms with E-state index < -0.39 is 36.1 Å². The Labute approximate surface area is 155 Å². The maximum Gasteiger partial charge on any atom is 0.324 e. The molecule has 27 heavy (non-hydrogen) atoms. The Morgan fingerprint density at radius 2 is 1.78 bits per heavy atom. The van der Waals surface area contributed by atoms with E-state index in [9.17, 15) is 14.4 Å². The van der Waals surface area contributed by atoms with Gasteiger partial charge in [-0.3, -0.25) is 14.4 Å². The van der Waals surface area contributed by atoms with Gasteiger partial charge in [0.1, 0.15) is 18.2 Å². The summed E-state index contributed by atoms with van der Waals surface area (Å²) < 4.78 is 5.02. The van der Waals surface area contributed by atoms with Crippen LogP contribution in [0, 0.1) is 0 Å². The number of benzene rings is 1. The molecule has 9 N–H and O–H groups in total. The fourth-order valence-corrected chi connectivity index (χ4v) is 2.17. The van der Waals surface area contributed by atoms with Crippen LogP contribution in [-0.2, 0) is 25.5 Å². The van der Waals surface area contributed by atoms with E-state index in [2.05, 4.69) is 10.7 Å². The second-order valence-corrected chi connectivity index (χ2v) is 5.77. The third-order valence-electron chi connectivity index (χ3n) is 3.69. The molecule has 0 bridgehead atoms. The predicted molar refractivity (Wildman–Crippen MR) is 97.8 cm³/mol. The van der Waals surface area contributed by atoms with Crippen molar-refractivity contribution in [2.24, 2.45) is 17.2 Å². The van der Waals surface area contributed by atoms with Crippen LogP contribution in [0.5, 0.6) is 0 Å². The molecule has 3 atom stereocenters. The van der Waals surface area contributed by atoms with Gasteiger partial charge in [-0.05, 0) is 18.6 Å². The van der Waals surface area contributed by atoms with Crippen LogP contribution in [0.15, 0.2) is 30.5 Å². The molecule has 148 valence electrons. The summed E-state index contributed by atoms with van der Waals surface area (Å²) in [6, 6.07) is 5.51. The molecule has 0 unspecified atom stereocenters. The Morgan fingerprint density at radius 1 is 1.19 bits per heavy atom. The number of nitrogens with two attached hydrogens (primary N) is 3. The molecule has 0 aliphatic carbocycles. The highest BCUT2D eigenvalue weighted by atomic mass is 16.5. The van der Waals surface area contributed by atoms with Crippen molar-refractivity contribution in [3.05, 3.63) is 36.0 Å². The fraction of sp³-hybridized carbons (Fsp3) is 0.353. The van der Waals surface area contributed by atoms with Gasteiger partial charge in [0.2, 0.25) is 0 Å². The summed E-state index contributed by atoms with van der Waals surface area (Å²) in [5.74, 6) is -2.87. The first-order valence-electron chi connectivity index (χ1n) is 8.08. The lowest BCUT2D eigenvalue weighted by atomic mass is 10.1. The molecule has 1 aromatic carbocycles. The monoisotopic (exact) mass is 380 g/mol. The standard InChI is InChI=1S/C15H19N3O4.C2H5NO2/c1-8(13(17)14(19)20)22-15(21)11(16)6-9-7-18-12-5-3-2-4-10(9)12;3-1-2(4)5/h2-5,7-8,11,13,18H,6,16-17H2,1H3,(H,19,20);1,3H2,(H,4,5)/t8-,11+,13+;/m1./s1. The maximum absolute atomic E-state index is 11.9. The molecular formula is C17H24N4O6. The number of aromatic nitrogens is 1. The Morgan fingerprint density at radius 3 is 2.33 bits per heavy atom. The number of carboxylic acids is 2. The molecule has 0 spiro atoms. The van der Waals surface area contributed by atoms with Gasteiger partial charge in [-0.1, -0.05) is 18.2 Å². The first kappa shape index (κ1) is 22.1. The molecule has 0 radical (unpaired) electrons. The van der Waals surface area contributed by atoms with Crippen LogP contribution in [0.1, 0.15) is 12.5 Å². The number of esters is 1. The average molecular weight is 380 g/mol. The number of rotatable bonds is 7. The van der Waals surface area contributed by atoms with Crippen molar-refractivity contribution in [1.29, 1.82) is 0 Å². The Kier molecular flexibility index (Phi) is 8.39. The number of hydrogen-bond donors (Lipinski definition) is 6. The molecule has 10 heteroatoms. The second kappa shape index (κ2) is 10.3. The first-order valence-corrected chi connectivity index (χ1v) is 8.08. The number of H-pyrrole nitrogens is 1. The SMILES string of the molecule is C[C@@H](OC(=O)[C@@H](N)Cc1c[nH]c2ccccc12)[C@H](N)C(=O)O.NCC(=O)O. The van der Waals surface area contributed by atoms with Gasteiger partial charge in [0.25, 0.3) is 0 Å². The van der Waals surface area contributed by atoms with E-state index in [0.29, 0.717) is 0 Å². The molecule has 1 aromatic heterocycles. The topological polar surface area (TPSA) is 195 Å². The van der Waals surface area contributed by atoms with Crippen LogP contribution in [0.25, 0.3) is 10.9 Å². The number of carbonyl (C=O) groups excluding carboxylic acids is 1. The van der Waals surface area contributed by atoms with E-state index in [1.54, 1.807) is 6.20 Å². The van der Waals surface area contributed by atoms with Crippen molar-refractivity contribution in [3.8, 4) is 0 Å². The highest BCUT2D eigenvalue weighted by Gasteiger charge is 2.26. The van der Waals surface area contributed by atoms with Crippen molar-refractivity contribution in [2.45, 2.75) is 31.5 Å². The van der Waals surface area contributed by atoms with E-state index in [1.165, 1.54) is 6.92 Å². The number of carbonyl (C=O) groups is 3. The number of hydrogen-bond acceptors (Lipinski definition) is 7. The van der Waals surface area contributed by atoms with Gasteiger partial charge in [0.15, 0.2) is 0 Å². The lowest BCUT2D eigenvalue weighted by Gasteiger charge is -2.19. The molecule has 0 aliphatic heterocycles.